The first kappa shape index (κ1) is 12.4. The van der Waals surface area contributed by atoms with E-state index in [1.54, 1.807) is 0 Å². The highest BCUT2D eigenvalue weighted by Gasteiger charge is 2.47. The molecule has 1 N–H and O–H groups in total. The lowest BCUT2D eigenvalue weighted by molar-refractivity contribution is -0.139. The highest BCUT2D eigenvalue weighted by atomic mass is 32.2. The first-order chi connectivity index (χ1) is 6.69. The van der Waals surface area contributed by atoms with E-state index in [-0.39, 0.29) is 19.5 Å². The van der Waals surface area contributed by atoms with Gasteiger partial charge in [-0.05, 0) is 20.3 Å². The number of rotatable bonds is 3. The molecule has 5 nitrogen and oxygen atoms in total. The third-order valence-corrected chi connectivity index (χ3v) is 5.07. The standard InChI is InChI=1S/C8H14FNO4S/c1-8(2,7(11)12)15(13,14)10-4-3-6(9)5-10/h6H,3-5H2,1-2H3,(H,11,12). The Labute approximate surface area is 87.9 Å². The number of carbonyl (C=O) groups is 1. The van der Waals surface area contributed by atoms with Crippen molar-refractivity contribution in [1.29, 1.82) is 0 Å². The molecule has 0 aromatic heterocycles. The van der Waals surface area contributed by atoms with E-state index in [1.165, 1.54) is 0 Å². The quantitative estimate of drug-likeness (QED) is 0.764. The molecule has 0 saturated carbocycles. The smallest absolute Gasteiger partial charge is 0.325 e. The first-order valence-corrected chi connectivity index (χ1v) is 6.00. The van der Waals surface area contributed by atoms with Crippen LogP contribution in [0.2, 0.25) is 0 Å². The normalized spacial score (nSPS) is 24.3. The summed E-state index contributed by atoms with van der Waals surface area (Å²) in [5.41, 5.74) is 0. The van der Waals surface area contributed by atoms with Gasteiger partial charge < -0.3 is 5.11 Å². The molecular formula is C8H14FNO4S. The Morgan fingerprint density at radius 1 is 1.53 bits per heavy atom. The molecule has 7 heteroatoms. The number of aliphatic carboxylic acids is 1. The average molecular weight is 239 g/mol. The van der Waals surface area contributed by atoms with Crippen LogP contribution in [-0.4, -0.2) is 47.8 Å². The topological polar surface area (TPSA) is 74.7 Å². The van der Waals surface area contributed by atoms with Crippen molar-refractivity contribution in [1.82, 2.24) is 4.31 Å². The molecule has 1 heterocycles. The highest BCUT2D eigenvalue weighted by molar-refractivity contribution is 7.91. The Hall–Kier alpha value is -0.690. The summed E-state index contributed by atoms with van der Waals surface area (Å²) in [5, 5.41) is 8.80. The van der Waals surface area contributed by atoms with Crippen molar-refractivity contribution in [2.75, 3.05) is 13.1 Å². The fourth-order valence-corrected chi connectivity index (χ4v) is 2.91. The van der Waals surface area contributed by atoms with Gasteiger partial charge in [0.2, 0.25) is 10.0 Å². The third-order valence-electron chi connectivity index (χ3n) is 2.59. The maximum atomic E-state index is 12.8. The molecule has 0 spiro atoms. The van der Waals surface area contributed by atoms with Crippen LogP contribution >= 0.6 is 0 Å². The van der Waals surface area contributed by atoms with Gasteiger partial charge in [0, 0.05) is 13.1 Å². The van der Waals surface area contributed by atoms with Crippen molar-refractivity contribution in [2.24, 2.45) is 0 Å². The Morgan fingerprint density at radius 3 is 2.40 bits per heavy atom. The highest BCUT2D eigenvalue weighted by Crippen LogP contribution is 2.26. The Kier molecular flexibility index (Phi) is 3.06. The summed E-state index contributed by atoms with van der Waals surface area (Å²) in [5.74, 6) is -1.43. The summed E-state index contributed by atoms with van der Waals surface area (Å²) < 4.78 is 35.5. The predicted octanol–water partition coefficient (Wildman–Crippen LogP) is 0.223. The number of nitrogens with zero attached hydrogens (tertiary/aromatic N) is 1. The lowest BCUT2D eigenvalue weighted by Crippen LogP contribution is -2.48. The number of alkyl halides is 1. The fourth-order valence-electron chi connectivity index (χ4n) is 1.34. The second kappa shape index (κ2) is 3.71. The van der Waals surface area contributed by atoms with Crippen LogP contribution in [0.4, 0.5) is 4.39 Å². The average Bonchev–Trinajstić information content (AvgIpc) is 2.51. The minimum absolute atomic E-state index is 0.0558. The number of carboxylic acid groups (broad SMARTS) is 1. The molecule has 0 aliphatic carbocycles. The van der Waals surface area contributed by atoms with E-state index in [0.717, 1.165) is 18.2 Å². The molecule has 1 fully saturated rings. The van der Waals surface area contributed by atoms with E-state index in [2.05, 4.69) is 0 Å². The van der Waals surface area contributed by atoms with Crippen molar-refractivity contribution in [2.45, 2.75) is 31.2 Å². The fraction of sp³-hybridized carbons (Fsp3) is 0.875. The summed E-state index contributed by atoms with van der Waals surface area (Å²) in [6.45, 7) is 2.03. The molecule has 1 rings (SSSR count). The summed E-state index contributed by atoms with van der Waals surface area (Å²) in [6.07, 6.45) is -1.06. The zero-order chi connectivity index (χ0) is 11.9. The molecular weight excluding hydrogens is 225 g/mol. The molecule has 1 unspecified atom stereocenters. The van der Waals surface area contributed by atoms with Crippen LogP contribution in [0.1, 0.15) is 20.3 Å². The Morgan fingerprint density at radius 2 is 2.07 bits per heavy atom. The number of sulfonamides is 1. The second-order valence-corrected chi connectivity index (χ2v) is 6.55. The van der Waals surface area contributed by atoms with Gasteiger partial charge in [-0.1, -0.05) is 0 Å². The molecule has 88 valence electrons. The lowest BCUT2D eigenvalue weighted by atomic mass is 10.2. The molecule has 1 aliphatic heterocycles. The van der Waals surface area contributed by atoms with E-state index in [4.69, 9.17) is 5.11 Å². The van der Waals surface area contributed by atoms with E-state index < -0.39 is 26.9 Å². The van der Waals surface area contributed by atoms with Crippen LogP contribution < -0.4 is 0 Å². The zero-order valence-corrected chi connectivity index (χ0v) is 9.42. The molecule has 0 bridgehead atoms. The van der Waals surface area contributed by atoms with E-state index >= 15 is 0 Å². The molecule has 0 radical (unpaired) electrons. The van der Waals surface area contributed by atoms with Gasteiger partial charge in [0.15, 0.2) is 4.75 Å². The van der Waals surface area contributed by atoms with Crippen LogP contribution in [-0.2, 0) is 14.8 Å². The molecule has 1 aliphatic rings. The third kappa shape index (κ3) is 1.98. The van der Waals surface area contributed by atoms with E-state index in [1.807, 2.05) is 0 Å². The summed E-state index contributed by atoms with van der Waals surface area (Å²) >= 11 is 0. The van der Waals surface area contributed by atoms with Crippen LogP contribution in [0.3, 0.4) is 0 Å². The van der Waals surface area contributed by atoms with Crippen LogP contribution in [0, 0.1) is 0 Å². The molecule has 15 heavy (non-hydrogen) atoms. The van der Waals surface area contributed by atoms with Gasteiger partial charge in [-0.15, -0.1) is 0 Å². The van der Waals surface area contributed by atoms with E-state index in [9.17, 15) is 17.6 Å². The minimum Gasteiger partial charge on any atom is -0.480 e. The van der Waals surface area contributed by atoms with Gasteiger partial charge in [-0.25, -0.2) is 12.8 Å². The van der Waals surface area contributed by atoms with Crippen molar-refractivity contribution in [3.8, 4) is 0 Å². The zero-order valence-electron chi connectivity index (χ0n) is 8.60. The predicted molar refractivity (Wildman–Crippen MR) is 51.7 cm³/mol. The lowest BCUT2D eigenvalue weighted by Gasteiger charge is -2.26. The van der Waals surface area contributed by atoms with Crippen molar-refractivity contribution in [3.63, 3.8) is 0 Å². The van der Waals surface area contributed by atoms with Crippen molar-refractivity contribution < 1.29 is 22.7 Å². The SMILES string of the molecule is CC(C)(C(=O)O)S(=O)(=O)N1CCC(F)C1. The minimum atomic E-state index is -3.98. The summed E-state index contributed by atoms with van der Waals surface area (Å²) in [4.78, 5) is 10.8. The monoisotopic (exact) mass is 239 g/mol. The summed E-state index contributed by atoms with van der Waals surface area (Å²) in [7, 11) is -3.98. The van der Waals surface area contributed by atoms with Gasteiger partial charge in [-0.2, -0.15) is 4.31 Å². The molecule has 0 aromatic carbocycles. The Bertz CT molecular complexity index is 365. The van der Waals surface area contributed by atoms with Crippen molar-refractivity contribution in [3.05, 3.63) is 0 Å². The number of halogens is 1. The Balaban J connectivity index is 2.98. The van der Waals surface area contributed by atoms with Gasteiger partial charge in [0.1, 0.15) is 6.17 Å². The van der Waals surface area contributed by atoms with Crippen LogP contribution in [0.15, 0.2) is 0 Å². The summed E-state index contributed by atoms with van der Waals surface area (Å²) in [6, 6.07) is 0. The van der Waals surface area contributed by atoms with Crippen LogP contribution in [0.25, 0.3) is 0 Å². The van der Waals surface area contributed by atoms with Gasteiger partial charge in [0.25, 0.3) is 0 Å². The maximum Gasteiger partial charge on any atom is 0.325 e. The first-order valence-electron chi connectivity index (χ1n) is 4.56. The van der Waals surface area contributed by atoms with E-state index in [0.29, 0.717) is 0 Å². The van der Waals surface area contributed by atoms with Crippen molar-refractivity contribution >= 4 is 16.0 Å². The number of hydrogen-bond acceptors (Lipinski definition) is 3. The van der Waals surface area contributed by atoms with Gasteiger partial charge >= 0.3 is 5.97 Å². The molecule has 1 saturated heterocycles. The number of hydrogen-bond donors (Lipinski definition) is 1. The molecule has 0 amide bonds. The molecule has 1 atom stereocenters. The maximum absolute atomic E-state index is 12.8. The largest absolute Gasteiger partial charge is 0.480 e. The van der Waals surface area contributed by atoms with Gasteiger partial charge in [0.05, 0.1) is 0 Å². The van der Waals surface area contributed by atoms with Gasteiger partial charge in [-0.3, -0.25) is 4.79 Å². The second-order valence-electron chi connectivity index (χ2n) is 4.06. The number of carboxylic acids is 1. The van der Waals surface area contributed by atoms with Crippen LogP contribution in [0.5, 0.6) is 0 Å². The molecule has 0 aromatic rings.